The van der Waals surface area contributed by atoms with Gasteiger partial charge in [-0.2, -0.15) is 0 Å². The highest BCUT2D eigenvalue weighted by Crippen LogP contribution is 2.25. The Morgan fingerprint density at radius 3 is 2.95 bits per heavy atom. The molecule has 5 nitrogen and oxygen atoms in total. The van der Waals surface area contributed by atoms with Crippen molar-refractivity contribution < 1.29 is 14.3 Å². The summed E-state index contributed by atoms with van der Waals surface area (Å²) in [5.41, 5.74) is 1.74. The summed E-state index contributed by atoms with van der Waals surface area (Å²) in [5.74, 6) is 0.504. The number of carbonyl (C=O) groups excluding carboxylic acids is 1. The van der Waals surface area contributed by atoms with E-state index in [1.165, 1.54) is 0 Å². The minimum atomic E-state index is -0.441. The molecular weight excluding hydrogens is 268 g/mol. The van der Waals surface area contributed by atoms with Gasteiger partial charge in [-0.25, -0.2) is 0 Å². The number of nitrogens with one attached hydrogen (secondary N) is 2. The van der Waals surface area contributed by atoms with E-state index in [0.29, 0.717) is 24.6 Å². The minimum Gasteiger partial charge on any atom is -0.495 e. The molecular formula is C13H19ClN2O3. The van der Waals surface area contributed by atoms with Crippen LogP contribution in [0, 0.1) is 6.92 Å². The fourth-order valence-corrected chi connectivity index (χ4v) is 1.87. The van der Waals surface area contributed by atoms with Gasteiger partial charge in [-0.3, -0.25) is 4.79 Å². The van der Waals surface area contributed by atoms with E-state index < -0.39 is 6.10 Å². The van der Waals surface area contributed by atoms with E-state index in [2.05, 4.69) is 10.6 Å². The van der Waals surface area contributed by atoms with Gasteiger partial charge in [0.1, 0.15) is 11.9 Å². The first-order chi connectivity index (χ1) is 8.70. The Labute approximate surface area is 119 Å². The standard InChI is InChI=1S/C13H18N2O3.ClH/c1-9-3-4-11(17-2)10(7-9)15-13(16)12-8-14-5-6-18-12;/h3-4,7,12,14H,5-6,8H2,1-2H3,(H,15,16);1H. The van der Waals surface area contributed by atoms with Gasteiger partial charge in [0.2, 0.25) is 0 Å². The van der Waals surface area contributed by atoms with Crippen molar-refractivity contribution in [2.75, 3.05) is 32.1 Å². The third-order valence-corrected chi connectivity index (χ3v) is 2.83. The Hall–Kier alpha value is -1.30. The zero-order valence-electron chi connectivity index (χ0n) is 11.1. The molecule has 1 amide bonds. The highest BCUT2D eigenvalue weighted by atomic mass is 35.5. The molecule has 1 atom stereocenters. The molecule has 1 aliphatic heterocycles. The summed E-state index contributed by atoms with van der Waals surface area (Å²) in [6, 6.07) is 5.66. The van der Waals surface area contributed by atoms with Gasteiger partial charge in [0.25, 0.3) is 5.91 Å². The Balaban J connectivity index is 0.00000180. The largest absolute Gasteiger partial charge is 0.495 e. The highest BCUT2D eigenvalue weighted by molar-refractivity contribution is 5.95. The third kappa shape index (κ3) is 4.09. The number of carbonyl (C=O) groups is 1. The van der Waals surface area contributed by atoms with Crippen LogP contribution in [0.5, 0.6) is 5.75 Å². The Bertz CT molecular complexity index is 434. The molecule has 0 bridgehead atoms. The average molecular weight is 287 g/mol. The molecule has 0 saturated carbocycles. The van der Waals surface area contributed by atoms with Gasteiger partial charge in [-0.05, 0) is 24.6 Å². The second kappa shape index (κ2) is 7.33. The number of hydrogen-bond donors (Lipinski definition) is 2. The summed E-state index contributed by atoms with van der Waals surface area (Å²) >= 11 is 0. The number of rotatable bonds is 3. The number of aryl methyl sites for hydroxylation is 1. The molecule has 2 N–H and O–H groups in total. The van der Waals surface area contributed by atoms with Crippen molar-refractivity contribution in [3.05, 3.63) is 23.8 Å². The topological polar surface area (TPSA) is 59.6 Å². The minimum absolute atomic E-state index is 0. The summed E-state index contributed by atoms with van der Waals surface area (Å²) in [4.78, 5) is 12.0. The zero-order chi connectivity index (χ0) is 13.0. The molecule has 19 heavy (non-hydrogen) atoms. The first kappa shape index (κ1) is 15.8. The summed E-state index contributed by atoms with van der Waals surface area (Å²) in [6.07, 6.45) is -0.441. The molecule has 1 fully saturated rings. The normalized spacial score (nSPS) is 18.3. The van der Waals surface area contributed by atoms with E-state index in [9.17, 15) is 4.79 Å². The van der Waals surface area contributed by atoms with Crippen molar-refractivity contribution >= 4 is 24.0 Å². The molecule has 0 radical (unpaired) electrons. The molecule has 2 rings (SSSR count). The lowest BCUT2D eigenvalue weighted by atomic mass is 10.2. The lowest BCUT2D eigenvalue weighted by molar-refractivity contribution is -0.128. The molecule has 1 heterocycles. The molecule has 1 aromatic rings. The Morgan fingerprint density at radius 1 is 1.53 bits per heavy atom. The van der Waals surface area contributed by atoms with Gasteiger partial charge in [-0.1, -0.05) is 6.07 Å². The van der Waals surface area contributed by atoms with Crippen LogP contribution in [-0.4, -0.2) is 38.8 Å². The number of halogens is 1. The molecule has 6 heteroatoms. The van der Waals surface area contributed by atoms with Gasteiger partial charge >= 0.3 is 0 Å². The van der Waals surface area contributed by atoms with Crippen LogP contribution in [0.3, 0.4) is 0 Å². The van der Waals surface area contributed by atoms with Crippen LogP contribution in [0.1, 0.15) is 5.56 Å². The Kier molecular flexibility index (Phi) is 6.08. The number of ether oxygens (including phenoxy) is 2. The molecule has 0 spiro atoms. The number of benzene rings is 1. The predicted molar refractivity (Wildman–Crippen MR) is 76.2 cm³/mol. The van der Waals surface area contributed by atoms with Crippen molar-refractivity contribution in [3.63, 3.8) is 0 Å². The van der Waals surface area contributed by atoms with Crippen molar-refractivity contribution in [1.29, 1.82) is 0 Å². The van der Waals surface area contributed by atoms with Crippen LogP contribution in [-0.2, 0) is 9.53 Å². The number of methoxy groups -OCH3 is 1. The van der Waals surface area contributed by atoms with Crippen LogP contribution in [0.15, 0.2) is 18.2 Å². The summed E-state index contributed by atoms with van der Waals surface area (Å²) in [5, 5.41) is 5.97. The van der Waals surface area contributed by atoms with E-state index in [1.54, 1.807) is 7.11 Å². The number of anilines is 1. The molecule has 0 aliphatic carbocycles. The van der Waals surface area contributed by atoms with E-state index in [4.69, 9.17) is 9.47 Å². The van der Waals surface area contributed by atoms with Crippen LogP contribution in [0.25, 0.3) is 0 Å². The fourth-order valence-electron chi connectivity index (χ4n) is 1.87. The van der Waals surface area contributed by atoms with Gasteiger partial charge < -0.3 is 20.1 Å². The highest BCUT2D eigenvalue weighted by Gasteiger charge is 2.22. The van der Waals surface area contributed by atoms with E-state index in [-0.39, 0.29) is 18.3 Å². The number of morpholine rings is 1. The van der Waals surface area contributed by atoms with E-state index >= 15 is 0 Å². The van der Waals surface area contributed by atoms with Crippen molar-refractivity contribution in [2.24, 2.45) is 0 Å². The van der Waals surface area contributed by atoms with Crippen LogP contribution >= 0.6 is 12.4 Å². The first-order valence-electron chi connectivity index (χ1n) is 5.98. The summed E-state index contributed by atoms with van der Waals surface area (Å²) in [6.45, 7) is 3.86. The summed E-state index contributed by atoms with van der Waals surface area (Å²) in [7, 11) is 1.58. The quantitative estimate of drug-likeness (QED) is 0.881. The SMILES string of the molecule is COc1ccc(C)cc1NC(=O)C1CNCCO1.Cl. The van der Waals surface area contributed by atoms with Crippen molar-refractivity contribution in [1.82, 2.24) is 5.32 Å². The molecule has 1 unspecified atom stereocenters. The zero-order valence-corrected chi connectivity index (χ0v) is 11.9. The van der Waals surface area contributed by atoms with E-state index in [0.717, 1.165) is 12.1 Å². The maximum absolute atomic E-state index is 12.0. The molecule has 1 aromatic carbocycles. The van der Waals surface area contributed by atoms with Crippen LogP contribution in [0.4, 0.5) is 5.69 Å². The van der Waals surface area contributed by atoms with Crippen molar-refractivity contribution in [2.45, 2.75) is 13.0 Å². The van der Waals surface area contributed by atoms with Crippen LogP contribution < -0.4 is 15.4 Å². The fraction of sp³-hybridized carbons (Fsp3) is 0.462. The maximum Gasteiger partial charge on any atom is 0.254 e. The first-order valence-corrected chi connectivity index (χ1v) is 5.98. The molecule has 1 aliphatic rings. The number of amides is 1. The second-order valence-corrected chi connectivity index (χ2v) is 4.26. The van der Waals surface area contributed by atoms with Gasteiger partial charge in [0, 0.05) is 13.1 Å². The second-order valence-electron chi connectivity index (χ2n) is 4.26. The lowest BCUT2D eigenvalue weighted by Gasteiger charge is -2.23. The third-order valence-electron chi connectivity index (χ3n) is 2.83. The molecule has 1 saturated heterocycles. The average Bonchev–Trinajstić information content (AvgIpc) is 2.40. The Morgan fingerprint density at radius 2 is 2.32 bits per heavy atom. The van der Waals surface area contributed by atoms with Gasteiger partial charge in [0.15, 0.2) is 0 Å². The smallest absolute Gasteiger partial charge is 0.254 e. The van der Waals surface area contributed by atoms with Gasteiger partial charge in [0.05, 0.1) is 19.4 Å². The number of hydrogen-bond acceptors (Lipinski definition) is 4. The maximum atomic E-state index is 12.0. The lowest BCUT2D eigenvalue weighted by Crippen LogP contribution is -2.45. The molecule has 106 valence electrons. The monoisotopic (exact) mass is 286 g/mol. The molecule has 0 aromatic heterocycles. The van der Waals surface area contributed by atoms with Gasteiger partial charge in [-0.15, -0.1) is 12.4 Å². The van der Waals surface area contributed by atoms with Crippen LogP contribution in [0.2, 0.25) is 0 Å². The summed E-state index contributed by atoms with van der Waals surface area (Å²) < 4.78 is 10.6. The predicted octanol–water partition coefficient (Wildman–Crippen LogP) is 1.35. The van der Waals surface area contributed by atoms with E-state index in [1.807, 2.05) is 25.1 Å². The van der Waals surface area contributed by atoms with Crippen molar-refractivity contribution in [3.8, 4) is 5.75 Å².